The van der Waals surface area contributed by atoms with E-state index in [4.69, 9.17) is 18.0 Å². The van der Waals surface area contributed by atoms with Crippen LogP contribution in [0.3, 0.4) is 0 Å². The third-order valence-electron chi connectivity index (χ3n) is 2.19. The highest BCUT2D eigenvalue weighted by molar-refractivity contribution is 7.91. The van der Waals surface area contributed by atoms with Crippen LogP contribution in [0.25, 0.3) is 0 Å². The molecule has 1 rings (SSSR count). The Balaban J connectivity index is 2.65. The van der Waals surface area contributed by atoms with Gasteiger partial charge in [-0.3, -0.25) is 0 Å². The number of hydrogen-bond donors (Lipinski definition) is 2. The Morgan fingerprint density at radius 2 is 2.00 bits per heavy atom. The first-order valence-corrected chi connectivity index (χ1v) is 7.29. The van der Waals surface area contributed by atoms with Gasteiger partial charge in [0.15, 0.2) is 9.84 Å². The summed E-state index contributed by atoms with van der Waals surface area (Å²) in [4.78, 5) is 0.142. The summed E-state index contributed by atoms with van der Waals surface area (Å²) in [5.41, 5.74) is 0. The van der Waals surface area contributed by atoms with Gasteiger partial charge in [-0.05, 0) is 24.3 Å². The molecule has 1 unspecified atom stereocenters. The molecule has 1 atom stereocenters. The number of nitrogens with one attached hydrogen (secondary N) is 1. The van der Waals surface area contributed by atoms with Crippen molar-refractivity contribution < 1.29 is 13.5 Å². The first-order chi connectivity index (χ1) is 8.45. The summed E-state index contributed by atoms with van der Waals surface area (Å²) >= 11 is 5.68. The number of terminal acetylenes is 1. The molecule has 1 aromatic rings. The zero-order valence-electron chi connectivity index (χ0n) is 9.64. The molecule has 0 radical (unpaired) electrons. The predicted octanol–water partition coefficient (Wildman–Crippen LogP) is 0.697. The van der Waals surface area contributed by atoms with Crippen molar-refractivity contribution in [2.45, 2.75) is 11.0 Å². The minimum Gasteiger partial charge on any atom is -0.391 e. The maximum atomic E-state index is 11.9. The maximum Gasteiger partial charge on any atom is 0.180 e. The topological polar surface area (TPSA) is 66.4 Å². The molecule has 0 aliphatic rings. The summed E-state index contributed by atoms with van der Waals surface area (Å²) in [6.45, 7) is 0.426. The third kappa shape index (κ3) is 4.67. The van der Waals surface area contributed by atoms with E-state index >= 15 is 0 Å². The Bertz CT molecular complexity index is 519. The number of sulfone groups is 1. The Labute approximate surface area is 112 Å². The first-order valence-electron chi connectivity index (χ1n) is 5.26. The van der Waals surface area contributed by atoms with Crippen LogP contribution in [-0.2, 0) is 9.84 Å². The van der Waals surface area contributed by atoms with Crippen molar-refractivity contribution in [3.8, 4) is 12.3 Å². The molecule has 0 fully saturated rings. The number of rotatable bonds is 6. The second-order valence-electron chi connectivity index (χ2n) is 3.72. The fraction of sp³-hybridized carbons (Fsp3) is 0.333. The lowest BCUT2D eigenvalue weighted by molar-refractivity contribution is 0.195. The van der Waals surface area contributed by atoms with Crippen LogP contribution in [0.5, 0.6) is 0 Å². The normalized spacial score (nSPS) is 12.9. The molecule has 0 saturated heterocycles. The molecule has 6 heteroatoms. The van der Waals surface area contributed by atoms with Crippen molar-refractivity contribution in [2.24, 2.45) is 0 Å². The molecule has 18 heavy (non-hydrogen) atoms. The van der Waals surface area contributed by atoms with Gasteiger partial charge < -0.3 is 10.4 Å². The minimum atomic E-state index is -3.51. The lowest BCUT2D eigenvalue weighted by Gasteiger charge is -2.11. The highest BCUT2D eigenvalue weighted by Crippen LogP contribution is 2.15. The minimum absolute atomic E-state index is 0.136. The molecular formula is C12H14ClNO3S. The van der Waals surface area contributed by atoms with E-state index in [1.807, 2.05) is 0 Å². The zero-order chi connectivity index (χ0) is 13.6. The SMILES string of the molecule is C#CCNCC(O)CS(=O)(=O)c1ccc(Cl)cc1. The molecule has 0 aromatic heterocycles. The predicted molar refractivity (Wildman–Crippen MR) is 71.2 cm³/mol. The summed E-state index contributed by atoms with van der Waals surface area (Å²) < 4.78 is 23.8. The molecule has 4 nitrogen and oxygen atoms in total. The van der Waals surface area contributed by atoms with E-state index in [0.29, 0.717) is 5.02 Å². The van der Waals surface area contributed by atoms with E-state index in [1.54, 1.807) is 0 Å². The van der Waals surface area contributed by atoms with E-state index in [-0.39, 0.29) is 23.7 Å². The van der Waals surface area contributed by atoms with Crippen LogP contribution >= 0.6 is 11.6 Å². The molecular weight excluding hydrogens is 274 g/mol. The standard InChI is InChI=1S/C12H14ClNO3S/c1-2-7-14-8-11(15)9-18(16,17)12-5-3-10(13)4-6-12/h1,3-6,11,14-15H,7-9H2. The lowest BCUT2D eigenvalue weighted by atomic mass is 10.4. The quantitative estimate of drug-likeness (QED) is 0.597. The lowest BCUT2D eigenvalue weighted by Crippen LogP contribution is -2.32. The molecule has 98 valence electrons. The van der Waals surface area contributed by atoms with Crippen LogP contribution in [0.4, 0.5) is 0 Å². The van der Waals surface area contributed by atoms with Crippen molar-refractivity contribution in [3.63, 3.8) is 0 Å². The Kier molecular flexibility index (Phi) is 5.63. The van der Waals surface area contributed by atoms with Gasteiger partial charge in [0.2, 0.25) is 0 Å². The fourth-order valence-electron chi connectivity index (χ4n) is 1.36. The van der Waals surface area contributed by atoms with Gasteiger partial charge in [0.1, 0.15) is 0 Å². The average molecular weight is 288 g/mol. The molecule has 1 aromatic carbocycles. The average Bonchev–Trinajstić information content (AvgIpc) is 2.29. The van der Waals surface area contributed by atoms with Crippen molar-refractivity contribution in [1.82, 2.24) is 5.32 Å². The molecule has 0 bridgehead atoms. The Morgan fingerprint density at radius 1 is 1.39 bits per heavy atom. The van der Waals surface area contributed by atoms with E-state index < -0.39 is 15.9 Å². The van der Waals surface area contributed by atoms with E-state index in [9.17, 15) is 13.5 Å². The summed E-state index contributed by atoms with van der Waals surface area (Å²) in [6.07, 6.45) is 4.02. The molecule has 0 spiro atoms. The van der Waals surface area contributed by atoms with Gasteiger partial charge in [0.05, 0.1) is 23.3 Å². The largest absolute Gasteiger partial charge is 0.391 e. The van der Waals surface area contributed by atoms with Crippen molar-refractivity contribution in [3.05, 3.63) is 29.3 Å². The van der Waals surface area contributed by atoms with E-state index in [2.05, 4.69) is 11.2 Å². The Morgan fingerprint density at radius 3 is 2.56 bits per heavy atom. The highest BCUT2D eigenvalue weighted by atomic mass is 35.5. The first kappa shape index (κ1) is 15.0. The van der Waals surface area contributed by atoms with Gasteiger partial charge >= 0.3 is 0 Å². The zero-order valence-corrected chi connectivity index (χ0v) is 11.2. The van der Waals surface area contributed by atoms with Gasteiger partial charge in [-0.25, -0.2) is 8.42 Å². The van der Waals surface area contributed by atoms with Gasteiger partial charge in [0, 0.05) is 11.6 Å². The second kappa shape index (κ2) is 6.76. The number of aliphatic hydroxyl groups is 1. The third-order valence-corrected chi connectivity index (χ3v) is 4.26. The van der Waals surface area contributed by atoms with Crippen molar-refractivity contribution in [1.29, 1.82) is 0 Å². The summed E-state index contributed by atoms with van der Waals surface area (Å²) in [5, 5.41) is 12.8. The van der Waals surface area contributed by atoms with Crippen LogP contribution in [0.15, 0.2) is 29.2 Å². The van der Waals surface area contributed by atoms with E-state index in [0.717, 1.165) is 0 Å². The van der Waals surface area contributed by atoms with Gasteiger partial charge in [-0.15, -0.1) is 6.42 Å². The number of halogens is 1. The van der Waals surface area contributed by atoms with E-state index in [1.165, 1.54) is 24.3 Å². The molecule has 0 heterocycles. The summed E-state index contributed by atoms with van der Waals surface area (Å²) in [5.74, 6) is 1.98. The summed E-state index contributed by atoms with van der Waals surface area (Å²) in [6, 6.07) is 5.83. The van der Waals surface area contributed by atoms with Gasteiger partial charge in [-0.2, -0.15) is 0 Å². The van der Waals surface area contributed by atoms with Gasteiger partial charge in [-0.1, -0.05) is 17.5 Å². The molecule has 0 aliphatic carbocycles. The fourth-order valence-corrected chi connectivity index (χ4v) is 2.85. The van der Waals surface area contributed by atoms with Crippen LogP contribution in [0, 0.1) is 12.3 Å². The second-order valence-corrected chi connectivity index (χ2v) is 6.19. The van der Waals surface area contributed by atoms with Crippen molar-refractivity contribution >= 4 is 21.4 Å². The van der Waals surface area contributed by atoms with Crippen LogP contribution in [0.1, 0.15) is 0 Å². The highest BCUT2D eigenvalue weighted by Gasteiger charge is 2.19. The van der Waals surface area contributed by atoms with Crippen LogP contribution < -0.4 is 5.32 Å². The number of benzene rings is 1. The molecule has 0 saturated carbocycles. The molecule has 0 amide bonds. The Hall–Kier alpha value is -1.06. The van der Waals surface area contributed by atoms with Crippen LogP contribution in [0.2, 0.25) is 5.02 Å². The van der Waals surface area contributed by atoms with Crippen molar-refractivity contribution in [2.75, 3.05) is 18.8 Å². The van der Waals surface area contributed by atoms with Crippen LogP contribution in [-0.4, -0.2) is 38.5 Å². The maximum absolute atomic E-state index is 11.9. The molecule has 0 aliphatic heterocycles. The summed E-state index contributed by atoms with van der Waals surface area (Å²) in [7, 11) is -3.51. The smallest absolute Gasteiger partial charge is 0.180 e. The van der Waals surface area contributed by atoms with Gasteiger partial charge in [0.25, 0.3) is 0 Å². The number of hydrogen-bond acceptors (Lipinski definition) is 4. The monoisotopic (exact) mass is 287 g/mol. The molecule has 2 N–H and O–H groups in total. The number of aliphatic hydroxyl groups excluding tert-OH is 1.